The number of nitrogens with zero attached hydrogens (tertiary/aromatic N) is 1. The van der Waals surface area contributed by atoms with Crippen LogP contribution in [0.5, 0.6) is 0 Å². The van der Waals surface area contributed by atoms with E-state index in [4.69, 9.17) is 4.42 Å². The van der Waals surface area contributed by atoms with E-state index in [9.17, 15) is 0 Å². The molecule has 0 amide bonds. The second kappa shape index (κ2) is 13.4. The molecule has 54 heavy (non-hydrogen) atoms. The first-order chi connectivity index (χ1) is 26.8. The van der Waals surface area contributed by atoms with Gasteiger partial charge in [0.2, 0.25) is 0 Å². The second-order valence-electron chi connectivity index (χ2n) is 13.7. The first kappa shape index (κ1) is 31.6. The fourth-order valence-corrected chi connectivity index (χ4v) is 7.89. The molecular formula is C52H35NO. The molecule has 0 atom stereocenters. The van der Waals surface area contributed by atoms with E-state index in [2.05, 4.69) is 205 Å². The number of hydrogen-bond acceptors (Lipinski definition) is 2. The Morgan fingerprint density at radius 3 is 1.70 bits per heavy atom. The van der Waals surface area contributed by atoms with Gasteiger partial charge in [0.15, 0.2) is 0 Å². The summed E-state index contributed by atoms with van der Waals surface area (Å²) in [5.41, 5.74) is 14.4. The average molecular weight is 690 g/mol. The number of fused-ring (bicyclic) bond motifs is 4. The Kier molecular flexibility index (Phi) is 7.85. The predicted octanol–water partition coefficient (Wildman–Crippen LogP) is 14.9. The van der Waals surface area contributed by atoms with Crippen LogP contribution in [0.15, 0.2) is 217 Å². The van der Waals surface area contributed by atoms with E-state index >= 15 is 0 Å². The molecule has 10 rings (SSSR count). The summed E-state index contributed by atoms with van der Waals surface area (Å²) in [6.07, 6.45) is 0. The summed E-state index contributed by atoms with van der Waals surface area (Å²) in [5, 5.41) is 4.63. The Morgan fingerprint density at radius 2 is 0.889 bits per heavy atom. The van der Waals surface area contributed by atoms with E-state index < -0.39 is 0 Å². The molecule has 0 aliphatic heterocycles. The quantitative estimate of drug-likeness (QED) is 0.166. The summed E-state index contributed by atoms with van der Waals surface area (Å²) >= 11 is 0. The average Bonchev–Trinajstić information content (AvgIpc) is 3.62. The van der Waals surface area contributed by atoms with Gasteiger partial charge in [-0.15, -0.1) is 0 Å². The molecule has 0 bridgehead atoms. The van der Waals surface area contributed by atoms with E-state index in [0.717, 1.165) is 50.1 Å². The van der Waals surface area contributed by atoms with Crippen molar-refractivity contribution in [3.63, 3.8) is 0 Å². The third kappa shape index (κ3) is 5.62. The molecule has 10 aromatic rings. The maximum atomic E-state index is 6.45. The highest BCUT2D eigenvalue weighted by Gasteiger charge is 2.22. The van der Waals surface area contributed by atoms with Crippen LogP contribution in [-0.4, -0.2) is 0 Å². The van der Waals surface area contributed by atoms with Gasteiger partial charge in [0.05, 0.1) is 5.69 Å². The molecule has 0 radical (unpaired) electrons. The number of furan rings is 1. The van der Waals surface area contributed by atoms with Crippen LogP contribution in [0, 0.1) is 0 Å². The highest BCUT2D eigenvalue weighted by atomic mass is 16.3. The molecule has 9 aromatic carbocycles. The minimum absolute atomic E-state index is 0.864. The van der Waals surface area contributed by atoms with Crippen LogP contribution in [0.3, 0.4) is 0 Å². The molecule has 0 saturated heterocycles. The Hall–Kier alpha value is -7.16. The number of benzene rings is 9. The van der Waals surface area contributed by atoms with Crippen molar-refractivity contribution < 1.29 is 4.42 Å². The monoisotopic (exact) mass is 689 g/mol. The molecule has 0 saturated carbocycles. The third-order valence-electron chi connectivity index (χ3n) is 10.5. The third-order valence-corrected chi connectivity index (χ3v) is 10.5. The van der Waals surface area contributed by atoms with Crippen molar-refractivity contribution in [1.82, 2.24) is 0 Å². The zero-order valence-electron chi connectivity index (χ0n) is 29.6. The smallest absolute Gasteiger partial charge is 0.137 e. The summed E-state index contributed by atoms with van der Waals surface area (Å²) in [7, 11) is 0. The summed E-state index contributed by atoms with van der Waals surface area (Å²) in [6, 6.07) is 76.0. The van der Waals surface area contributed by atoms with Crippen molar-refractivity contribution in [2.75, 3.05) is 4.90 Å². The fourth-order valence-electron chi connectivity index (χ4n) is 7.89. The van der Waals surface area contributed by atoms with E-state index in [1.165, 1.54) is 44.2 Å². The van der Waals surface area contributed by atoms with Gasteiger partial charge in [-0.2, -0.15) is 0 Å². The molecule has 0 fully saturated rings. The van der Waals surface area contributed by atoms with Gasteiger partial charge < -0.3 is 9.32 Å². The fraction of sp³-hybridized carbons (Fsp3) is 0. The van der Waals surface area contributed by atoms with Gasteiger partial charge >= 0.3 is 0 Å². The number of hydrogen-bond donors (Lipinski definition) is 0. The maximum Gasteiger partial charge on any atom is 0.137 e. The molecule has 0 N–H and O–H groups in total. The molecule has 2 heteroatoms. The highest BCUT2D eigenvalue weighted by Crippen LogP contribution is 2.47. The second-order valence-corrected chi connectivity index (χ2v) is 13.7. The van der Waals surface area contributed by atoms with Crippen molar-refractivity contribution in [2.45, 2.75) is 0 Å². The summed E-state index contributed by atoms with van der Waals surface area (Å²) in [5.74, 6) is 0. The topological polar surface area (TPSA) is 16.4 Å². The summed E-state index contributed by atoms with van der Waals surface area (Å²) in [6.45, 7) is 0. The van der Waals surface area contributed by atoms with E-state index in [1.54, 1.807) is 0 Å². The van der Waals surface area contributed by atoms with Gasteiger partial charge in [-0.05, 0) is 92.2 Å². The van der Waals surface area contributed by atoms with Crippen LogP contribution in [0.1, 0.15) is 0 Å². The van der Waals surface area contributed by atoms with Gasteiger partial charge in [-0.1, -0.05) is 164 Å². The van der Waals surface area contributed by atoms with Gasteiger partial charge in [-0.3, -0.25) is 0 Å². The van der Waals surface area contributed by atoms with E-state index in [0.29, 0.717) is 0 Å². The van der Waals surface area contributed by atoms with Gasteiger partial charge in [0.25, 0.3) is 0 Å². The normalized spacial score (nSPS) is 11.3. The number of rotatable bonds is 7. The molecule has 2 nitrogen and oxygen atoms in total. The van der Waals surface area contributed by atoms with Crippen molar-refractivity contribution in [3.8, 4) is 44.5 Å². The standard InChI is InChI=1S/C52H35NO/c1-3-15-36(16-4-1)40-28-31-43(38-18-5-2-6-19-38)49(34-40)45-22-10-9-21-44(45)46-23-11-13-25-50(46)53(41-29-27-37-17-7-8-20-39(37)33-41)42-30-32-48-47-24-12-14-26-51(47)54-52(48)35-42/h1-35H. The van der Waals surface area contributed by atoms with Gasteiger partial charge in [0.1, 0.15) is 11.2 Å². The van der Waals surface area contributed by atoms with Crippen LogP contribution in [0.2, 0.25) is 0 Å². The Morgan fingerprint density at radius 1 is 0.296 bits per heavy atom. The molecule has 254 valence electrons. The summed E-state index contributed by atoms with van der Waals surface area (Å²) in [4.78, 5) is 2.38. The maximum absolute atomic E-state index is 6.45. The van der Waals surface area contributed by atoms with Crippen LogP contribution in [0.25, 0.3) is 77.2 Å². The lowest BCUT2D eigenvalue weighted by Crippen LogP contribution is -2.11. The number of para-hydroxylation sites is 2. The molecule has 1 aromatic heterocycles. The van der Waals surface area contributed by atoms with Gasteiger partial charge in [0, 0.05) is 33.8 Å². The minimum Gasteiger partial charge on any atom is -0.456 e. The molecular weight excluding hydrogens is 655 g/mol. The molecule has 1 heterocycles. The number of anilines is 3. The summed E-state index contributed by atoms with van der Waals surface area (Å²) < 4.78 is 6.45. The lowest BCUT2D eigenvalue weighted by molar-refractivity contribution is 0.669. The first-order valence-corrected chi connectivity index (χ1v) is 18.4. The minimum atomic E-state index is 0.864. The molecule has 0 aliphatic rings. The molecule has 0 spiro atoms. The van der Waals surface area contributed by atoms with Crippen molar-refractivity contribution in [2.24, 2.45) is 0 Å². The van der Waals surface area contributed by atoms with Crippen molar-refractivity contribution in [1.29, 1.82) is 0 Å². The zero-order chi connectivity index (χ0) is 35.8. The van der Waals surface area contributed by atoms with Crippen LogP contribution in [0.4, 0.5) is 17.1 Å². The SMILES string of the molecule is c1ccc(-c2ccc(-c3ccccc3)c(-c3ccccc3-c3ccccc3N(c3ccc4ccccc4c3)c3ccc4c(c3)oc3ccccc34)c2)cc1. The van der Waals surface area contributed by atoms with E-state index in [-0.39, 0.29) is 0 Å². The Labute approximate surface area is 314 Å². The molecule has 0 aliphatic carbocycles. The Bertz CT molecular complexity index is 2940. The lowest BCUT2D eigenvalue weighted by Gasteiger charge is -2.29. The lowest BCUT2D eigenvalue weighted by atomic mass is 9.87. The Balaban J connectivity index is 1.20. The van der Waals surface area contributed by atoms with Crippen molar-refractivity contribution >= 4 is 49.8 Å². The van der Waals surface area contributed by atoms with Crippen LogP contribution >= 0.6 is 0 Å². The van der Waals surface area contributed by atoms with E-state index in [1.807, 2.05) is 12.1 Å². The van der Waals surface area contributed by atoms with Crippen molar-refractivity contribution in [3.05, 3.63) is 212 Å². The largest absolute Gasteiger partial charge is 0.456 e. The van der Waals surface area contributed by atoms with Crippen LogP contribution < -0.4 is 4.90 Å². The molecule has 0 unspecified atom stereocenters. The van der Waals surface area contributed by atoms with Crippen LogP contribution in [-0.2, 0) is 0 Å². The zero-order valence-corrected chi connectivity index (χ0v) is 29.6. The predicted molar refractivity (Wildman–Crippen MR) is 228 cm³/mol. The highest BCUT2D eigenvalue weighted by molar-refractivity contribution is 6.07. The first-order valence-electron chi connectivity index (χ1n) is 18.4. The van der Waals surface area contributed by atoms with Gasteiger partial charge in [-0.25, -0.2) is 0 Å².